The molecule has 1 saturated heterocycles. The first-order chi connectivity index (χ1) is 6.79. The summed E-state index contributed by atoms with van der Waals surface area (Å²) in [6, 6.07) is 9.19. The van der Waals surface area contributed by atoms with Gasteiger partial charge in [-0.3, -0.25) is 0 Å². The van der Waals surface area contributed by atoms with Crippen LogP contribution in [0.5, 0.6) is 0 Å². The lowest BCUT2D eigenvalue weighted by atomic mass is 10.0. The van der Waals surface area contributed by atoms with Gasteiger partial charge in [0.05, 0.1) is 12.7 Å². The molecule has 1 heterocycles. The number of epoxide rings is 1. The molecule has 1 aromatic carbocycles. The van der Waals surface area contributed by atoms with Gasteiger partial charge in [-0.05, 0) is 26.0 Å². The fourth-order valence-corrected chi connectivity index (χ4v) is 1.69. The van der Waals surface area contributed by atoms with E-state index in [0.29, 0.717) is 12.1 Å². The minimum Gasteiger partial charge on any atom is -0.371 e. The largest absolute Gasteiger partial charge is 0.371 e. The van der Waals surface area contributed by atoms with Crippen molar-refractivity contribution in [3.05, 3.63) is 35.4 Å². The van der Waals surface area contributed by atoms with Crippen LogP contribution in [0.4, 0.5) is 0 Å². The number of hydrogen-bond donors (Lipinski definition) is 1. The zero-order valence-electron chi connectivity index (χ0n) is 8.79. The van der Waals surface area contributed by atoms with Gasteiger partial charge in [0.2, 0.25) is 0 Å². The van der Waals surface area contributed by atoms with Gasteiger partial charge in [0.15, 0.2) is 0 Å². The van der Waals surface area contributed by atoms with Gasteiger partial charge >= 0.3 is 0 Å². The quantitative estimate of drug-likeness (QED) is 0.730. The lowest BCUT2D eigenvalue weighted by molar-refractivity contribution is 0.349. The fourth-order valence-electron chi connectivity index (χ4n) is 1.69. The standard InChI is InChI=1S/C12H17NO/c1-9-3-5-10(6-4-9)7-11(13-2)12-8-14-12/h3-6,11-13H,7-8H2,1-2H3. The van der Waals surface area contributed by atoms with Crippen molar-refractivity contribution >= 4 is 0 Å². The summed E-state index contributed by atoms with van der Waals surface area (Å²) in [5, 5.41) is 3.30. The number of rotatable bonds is 4. The highest BCUT2D eigenvalue weighted by atomic mass is 16.6. The molecule has 0 spiro atoms. The maximum atomic E-state index is 5.29. The zero-order chi connectivity index (χ0) is 9.97. The molecule has 14 heavy (non-hydrogen) atoms. The van der Waals surface area contributed by atoms with Crippen LogP contribution >= 0.6 is 0 Å². The first-order valence-corrected chi connectivity index (χ1v) is 5.14. The summed E-state index contributed by atoms with van der Waals surface area (Å²) in [4.78, 5) is 0. The molecule has 1 aliphatic heterocycles. The van der Waals surface area contributed by atoms with E-state index in [4.69, 9.17) is 4.74 Å². The van der Waals surface area contributed by atoms with Crippen LogP contribution < -0.4 is 5.32 Å². The van der Waals surface area contributed by atoms with Crippen molar-refractivity contribution in [1.29, 1.82) is 0 Å². The molecule has 2 atom stereocenters. The molecule has 0 amide bonds. The molecule has 0 aliphatic carbocycles. The van der Waals surface area contributed by atoms with Gasteiger partial charge in [0, 0.05) is 6.04 Å². The maximum absolute atomic E-state index is 5.29. The smallest absolute Gasteiger partial charge is 0.0965 e. The van der Waals surface area contributed by atoms with Gasteiger partial charge in [-0.2, -0.15) is 0 Å². The normalized spacial score (nSPS) is 22.0. The van der Waals surface area contributed by atoms with E-state index in [1.54, 1.807) is 0 Å². The van der Waals surface area contributed by atoms with Crippen molar-refractivity contribution in [2.45, 2.75) is 25.5 Å². The van der Waals surface area contributed by atoms with E-state index < -0.39 is 0 Å². The molecular formula is C12H17NO. The number of nitrogens with one attached hydrogen (secondary N) is 1. The van der Waals surface area contributed by atoms with Crippen molar-refractivity contribution in [3.8, 4) is 0 Å². The number of ether oxygens (including phenoxy) is 1. The van der Waals surface area contributed by atoms with Crippen LogP contribution in [0.1, 0.15) is 11.1 Å². The lowest BCUT2D eigenvalue weighted by Crippen LogP contribution is -2.33. The lowest BCUT2D eigenvalue weighted by Gasteiger charge is -2.13. The molecule has 76 valence electrons. The van der Waals surface area contributed by atoms with E-state index in [2.05, 4.69) is 36.5 Å². The molecule has 0 aromatic heterocycles. The number of likely N-dealkylation sites (N-methyl/N-ethyl adjacent to an activating group) is 1. The maximum Gasteiger partial charge on any atom is 0.0965 e. The van der Waals surface area contributed by atoms with Crippen LogP contribution in [0.15, 0.2) is 24.3 Å². The second kappa shape index (κ2) is 4.11. The van der Waals surface area contributed by atoms with Crippen LogP contribution in [-0.2, 0) is 11.2 Å². The van der Waals surface area contributed by atoms with Crippen LogP contribution in [0.25, 0.3) is 0 Å². The number of aryl methyl sites for hydroxylation is 1. The monoisotopic (exact) mass is 191 g/mol. The average Bonchev–Trinajstić information content (AvgIpc) is 3.01. The third-order valence-corrected chi connectivity index (χ3v) is 2.75. The predicted molar refractivity (Wildman–Crippen MR) is 57.5 cm³/mol. The number of benzene rings is 1. The van der Waals surface area contributed by atoms with Crippen molar-refractivity contribution in [1.82, 2.24) is 5.32 Å². The topological polar surface area (TPSA) is 24.6 Å². The minimum absolute atomic E-state index is 0.432. The van der Waals surface area contributed by atoms with Gasteiger partial charge in [0.25, 0.3) is 0 Å². The molecule has 1 aromatic rings. The van der Waals surface area contributed by atoms with Crippen molar-refractivity contribution in [2.24, 2.45) is 0 Å². The Balaban J connectivity index is 1.98. The Morgan fingerprint density at radius 3 is 2.57 bits per heavy atom. The first-order valence-electron chi connectivity index (χ1n) is 5.14. The third kappa shape index (κ3) is 2.34. The van der Waals surface area contributed by atoms with E-state index in [9.17, 15) is 0 Å². The minimum atomic E-state index is 0.432. The summed E-state index contributed by atoms with van der Waals surface area (Å²) in [5.41, 5.74) is 2.70. The molecule has 2 nitrogen and oxygen atoms in total. The molecule has 2 rings (SSSR count). The Bertz CT molecular complexity index is 290. The molecular weight excluding hydrogens is 174 g/mol. The molecule has 1 N–H and O–H groups in total. The van der Waals surface area contributed by atoms with Crippen LogP contribution in [0.2, 0.25) is 0 Å². The summed E-state index contributed by atoms with van der Waals surface area (Å²) in [7, 11) is 2.00. The molecule has 1 fully saturated rings. The predicted octanol–water partition coefficient (Wildman–Crippen LogP) is 1.52. The van der Waals surface area contributed by atoms with Crippen LogP contribution in [-0.4, -0.2) is 25.8 Å². The Kier molecular flexibility index (Phi) is 2.85. The number of hydrogen-bond acceptors (Lipinski definition) is 2. The third-order valence-electron chi connectivity index (χ3n) is 2.75. The summed E-state index contributed by atoms with van der Waals surface area (Å²) >= 11 is 0. The summed E-state index contributed by atoms with van der Waals surface area (Å²) in [6.45, 7) is 3.03. The Morgan fingerprint density at radius 2 is 2.07 bits per heavy atom. The average molecular weight is 191 g/mol. The molecule has 1 aliphatic rings. The Labute approximate surface area is 85.3 Å². The van der Waals surface area contributed by atoms with E-state index in [1.165, 1.54) is 11.1 Å². The van der Waals surface area contributed by atoms with Crippen molar-refractivity contribution < 1.29 is 4.74 Å². The highest BCUT2D eigenvalue weighted by Gasteiger charge is 2.31. The van der Waals surface area contributed by atoms with Gasteiger partial charge in [0.1, 0.15) is 0 Å². The van der Waals surface area contributed by atoms with Crippen molar-refractivity contribution in [3.63, 3.8) is 0 Å². The molecule has 0 bridgehead atoms. The van der Waals surface area contributed by atoms with E-state index in [0.717, 1.165) is 13.0 Å². The van der Waals surface area contributed by atoms with Gasteiger partial charge < -0.3 is 10.1 Å². The zero-order valence-corrected chi connectivity index (χ0v) is 8.79. The van der Waals surface area contributed by atoms with E-state index in [-0.39, 0.29) is 0 Å². The summed E-state index contributed by atoms with van der Waals surface area (Å²) in [6.07, 6.45) is 1.49. The fraction of sp³-hybridized carbons (Fsp3) is 0.500. The molecule has 0 saturated carbocycles. The van der Waals surface area contributed by atoms with Crippen LogP contribution in [0.3, 0.4) is 0 Å². The highest BCUT2D eigenvalue weighted by molar-refractivity contribution is 5.22. The molecule has 2 unspecified atom stereocenters. The van der Waals surface area contributed by atoms with Gasteiger partial charge in [-0.1, -0.05) is 29.8 Å². The summed E-state index contributed by atoms with van der Waals surface area (Å²) in [5.74, 6) is 0. The van der Waals surface area contributed by atoms with Gasteiger partial charge in [-0.15, -0.1) is 0 Å². The first kappa shape index (κ1) is 9.69. The summed E-state index contributed by atoms with van der Waals surface area (Å²) < 4.78 is 5.29. The van der Waals surface area contributed by atoms with E-state index in [1.807, 2.05) is 7.05 Å². The molecule has 0 radical (unpaired) electrons. The van der Waals surface area contributed by atoms with Crippen molar-refractivity contribution in [2.75, 3.05) is 13.7 Å². The van der Waals surface area contributed by atoms with Crippen LogP contribution in [0, 0.1) is 6.92 Å². The second-order valence-corrected chi connectivity index (χ2v) is 3.96. The van der Waals surface area contributed by atoms with E-state index >= 15 is 0 Å². The highest BCUT2D eigenvalue weighted by Crippen LogP contribution is 2.17. The Morgan fingerprint density at radius 1 is 1.43 bits per heavy atom. The van der Waals surface area contributed by atoms with Gasteiger partial charge in [-0.25, -0.2) is 0 Å². The Hall–Kier alpha value is -0.860. The molecule has 2 heteroatoms. The second-order valence-electron chi connectivity index (χ2n) is 3.96. The SMILES string of the molecule is CNC(Cc1ccc(C)cc1)C1CO1.